The van der Waals surface area contributed by atoms with Crippen LogP contribution in [0.3, 0.4) is 0 Å². The number of nitrogens with one attached hydrogen (secondary N) is 1. The number of rotatable bonds is 4. The number of thioether (sulfide) groups is 1. The third kappa shape index (κ3) is 3.32. The SMILES string of the molecule is C#CCOc1ccc(/C=C2/SC(=S)NC2=O)cc1OC. The van der Waals surface area contributed by atoms with E-state index in [4.69, 9.17) is 28.1 Å². The van der Waals surface area contributed by atoms with Gasteiger partial charge in [0.15, 0.2) is 11.5 Å². The van der Waals surface area contributed by atoms with Gasteiger partial charge in [0.25, 0.3) is 5.91 Å². The molecule has 4 nitrogen and oxygen atoms in total. The van der Waals surface area contributed by atoms with Crippen molar-refractivity contribution in [3.05, 3.63) is 28.7 Å². The first kappa shape index (κ1) is 14.4. The van der Waals surface area contributed by atoms with Gasteiger partial charge in [0, 0.05) is 0 Å². The van der Waals surface area contributed by atoms with Crippen LogP contribution in [0.2, 0.25) is 0 Å². The molecule has 1 amide bonds. The second kappa shape index (κ2) is 6.46. The topological polar surface area (TPSA) is 47.6 Å². The molecule has 0 radical (unpaired) electrons. The minimum absolute atomic E-state index is 0.170. The van der Waals surface area contributed by atoms with E-state index in [1.807, 2.05) is 6.07 Å². The molecular formula is C14H11NO3S2. The Labute approximate surface area is 126 Å². The van der Waals surface area contributed by atoms with Gasteiger partial charge < -0.3 is 14.8 Å². The highest BCUT2D eigenvalue weighted by Crippen LogP contribution is 2.31. The number of hydrogen-bond donors (Lipinski definition) is 1. The van der Waals surface area contributed by atoms with Crippen molar-refractivity contribution in [3.8, 4) is 23.8 Å². The van der Waals surface area contributed by atoms with E-state index in [2.05, 4.69) is 11.2 Å². The van der Waals surface area contributed by atoms with Gasteiger partial charge in [-0.25, -0.2) is 0 Å². The quantitative estimate of drug-likeness (QED) is 0.525. The second-order valence-electron chi connectivity index (χ2n) is 3.76. The van der Waals surface area contributed by atoms with Crippen LogP contribution in [0.1, 0.15) is 5.56 Å². The van der Waals surface area contributed by atoms with Crippen LogP contribution in [0.5, 0.6) is 11.5 Å². The van der Waals surface area contributed by atoms with Crippen LogP contribution < -0.4 is 14.8 Å². The van der Waals surface area contributed by atoms with Gasteiger partial charge in [0.05, 0.1) is 12.0 Å². The zero-order valence-corrected chi connectivity index (χ0v) is 12.3. The average Bonchev–Trinajstić information content (AvgIpc) is 2.75. The smallest absolute Gasteiger partial charge is 0.263 e. The Morgan fingerprint density at radius 3 is 2.90 bits per heavy atom. The maximum absolute atomic E-state index is 11.6. The Bertz CT molecular complexity index is 632. The van der Waals surface area contributed by atoms with E-state index < -0.39 is 0 Å². The van der Waals surface area contributed by atoms with Crippen LogP contribution in [0.25, 0.3) is 6.08 Å². The Morgan fingerprint density at radius 2 is 2.30 bits per heavy atom. The van der Waals surface area contributed by atoms with E-state index in [9.17, 15) is 4.79 Å². The first-order valence-electron chi connectivity index (χ1n) is 5.63. The summed E-state index contributed by atoms with van der Waals surface area (Å²) in [5.74, 6) is 3.32. The Morgan fingerprint density at radius 1 is 1.50 bits per heavy atom. The number of ether oxygens (including phenoxy) is 2. The summed E-state index contributed by atoms with van der Waals surface area (Å²) in [5.41, 5.74) is 0.817. The molecule has 1 heterocycles. The van der Waals surface area contributed by atoms with Crippen LogP contribution in [0.15, 0.2) is 23.1 Å². The lowest BCUT2D eigenvalue weighted by molar-refractivity contribution is -0.115. The minimum atomic E-state index is -0.188. The van der Waals surface area contributed by atoms with Crippen LogP contribution in [-0.4, -0.2) is 23.9 Å². The lowest BCUT2D eigenvalue weighted by Crippen LogP contribution is -2.17. The van der Waals surface area contributed by atoms with Gasteiger partial charge in [-0.3, -0.25) is 4.79 Å². The summed E-state index contributed by atoms with van der Waals surface area (Å²) in [6.07, 6.45) is 6.89. The molecule has 0 unspecified atom stereocenters. The summed E-state index contributed by atoms with van der Waals surface area (Å²) >= 11 is 6.17. The van der Waals surface area contributed by atoms with Crippen molar-refractivity contribution in [3.63, 3.8) is 0 Å². The number of benzene rings is 1. The van der Waals surface area contributed by atoms with Crippen molar-refractivity contribution in [2.45, 2.75) is 0 Å². The van der Waals surface area contributed by atoms with E-state index in [-0.39, 0.29) is 12.5 Å². The Hall–Kier alpha value is -1.97. The van der Waals surface area contributed by atoms with Crippen molar-refractivity contribution >= 4 is 40.3 Å². The average molecular weight is 305 g/mol. The van der Waals surface area contributed by atoms with Crippen LogP contribution in [0.4, 0.5) is 0 Å². The molecule has 2 rings (SSSR count). The molecule has 1 saturated heterocycles. The molecule has 1 aromatic carbocycles. The molecule has 1 aromatic rings. The standard InChI is InChI=1S/C14H11NO3S2/c1-3-6-18-10-5-4-9(7-11(10)17-2)8-12-13(16)15-14(19)20-12/h1,4-5,7-8H,6H2,2H3,(H,15,16,19)/b12-8+. The summed E-state index contributed by atoms with van der Waals surface area (Å²) in [4.78, 5) is 12.1. The van der Waals surface area contributed by atoms with Gasteiger partial charge in [0.2, 0.25) is 0 Å². The predicted molar refractivity (Wildman–Crippen MR) is 83.6 cm³/mol. The van der Waals surface area contributed by atoms with Gasteiger partial charge in [-0.05, 0) is 23.8 Å². The molecule has 0 aromatic heterocycles. The highest BCUT2D eigenvalue weighted by Gasteiger charge is 2.22. The number of methoxy groups -OCH3 is 1. The fourth-order valence-corrected chi connectivity index (χ4v) is 2.63. The third-order valence-electron chi connectivity index (χ3n) is 2.44. The monoisotopic (exact) mass is 305 g/mol. The van der Waals surface area contributed by atoms with Crippen LogP contribution in [0, 0.1) is 12.3 Å². The molecule has 20 heavy (non-hydrogen) atoms. The van der Waals surface area contributed by atoms with Crippen LogP contribution >= 0.6 is 24.0 Å². The zero-order chi connectivity index (χ0) is 14.5. The normalized spacial score (nSPS) is 15.9. The first-order valence-corrected chi connectivity index (χ1v) is 6.85. The van der Waals surface area contributed by atoms with Gasteiger partial charge in [-0.1, -0.05) is 36.0 Å². The molecule has 0 atom stereocenters. The minimum Gasteiger partial charge on any atom is -0.493 e. The van der Waals surface area contributed by atoms with Gasteiger partial charge in [0.1, 0.15) is 10.9 Å². The molecule has 1 N–H and O–H groups in total. The number of carbonyl (C=O) groups excluding carboxylic acids is 1. The third-order valence-corrected chi connectivity index (χ3v) is 3.60. The predicted octanol–water partition coefficient (Wildman–Crippen LogP) is 2.20. The molecule has 0 spiro atoms. The van der Waals surface area contributed by atoms with Crippen molar-refractivity contribution < 1.29 is 14.3 Å². The lowest BCUT2D eigenvalue weighted by Gasteiger charge is -2.09. The number of terminal acetylenes is 1. The molecule has 1 fully saturated rings. The maximum atomic E-state index is 11.6. The van der Waals surface area contributed by atoms with Crippen molar-refractivity contribution in [1.82, 2.24) is 5.32 Å². The Balaban J connectivity index is 2.26. The Kier molecular flexibility index (Phi) is 4.66. The lowest BCUT2D eigenvalue weighted by atomic mass is 10.2. The molecule has 0 saturated carbocycles. The zero-order valence-electron chi connectivity index (χ0n) is 10.6. The van der Waals surface area contributed by atoms with Crippen molar-refractivity contribution in [1.29, 1.82) is 0 Å². The van der Waals surface area contributed by atoms with Gasteiger partial charge >= 0.3 is 0 Å². The summed E-state index contributed by atoms with van der Waals surface area (Å²) in [5, 5.41) is 2.56. The highest BCUT2D eigenvalue weighted by molar-refractivity contribution is 8.26. The van der Waals surface area contributed by atoms with Crippen molar-refractivity contribution in [2.24, 2.45) is 0 Å². The number of carbonyl (C=O) groups is 1. The molecule has 0 aliphatic carbocycles. The van der Waals surface area contributed by atoms with Gasteiger partial charge in [-0.15, -0.1) is 6.42 Å². The fraction of sp³-hybridized carbons (Fsp3) is 0.143. The second-order valence-corrected chi connectivity index (χ2v) is 5.47. The van der Waals surface area contributed by atoms with E-state index in [1.165, 1.54) is 11.8 Å². The summed E-state index contributed by atoms with van der Waals surface area (Å²) in [6.45, 7) is 0.170. The summed E-state index contributed by atoms with van der Waals surface area (Å²) in [7, 11) is 1.54. The molecule has 6 heteroatoms. The largest absolute Gasteiger partial charge is 0.493 e. The number of thiocarbonyl (C=S) groups is 1. The van der Waals surface area contributed by atoms with E-state index in [0.29, 0.717) is 20.7 Å². The first-order chi connectivity index (χ1) is 9.63. The fourth-order valence-electron chi connectivity index (χ4n) is 1.59. The molecule has 1 aliphatic heterocycles. The molecule has 1 aliphatic rings. The maximum Gasteiger partial charge on any atom is 0.263 e. The number of hydrogen-bond acceptors (Lipinski definition) is 5. The van der Waals surface area contributed by atoms with E-state index in [0.717, 1.165) is 5.56 Å². The van der Waals surface area contributed by atoms with Crippen molar-refractivity contribution in [2.75, 3.05) is 13.7 Å². The summed E-state index contributed by atoms with van der Waals surface area (Å²) in [6, 6.07) is 5.34. The van der Waals surface area contributed by atoms with Gasteiger partial charge in [-0.2, -0.15) is 0 Å². The number of amides is 1. The molecule has 0 bridgehead atoms. The molecular weight excluding hydrogens is 294 g/mol. The van der Waals surface area contributed by atoms with E-state index in [1.54, 1.807) is 25.3 Å². The molecule has 102 valence electrons. The van der Waals surface area contributed by atoms with E-state index >= 15 is 0 Å². The van der Waals surface area contributed by atoms with Crippen LogP contribution in [-0.2, 0) is 4.79 Å². The summed E-state index contributed by atoms with van der Waals surface area (Å²) < 4.78 is 11.1. The highest BCUT2D eigenvalue weighted by atomic mass is 32.2.